The van der Waals surface area contributed by atoms with Gasteiger partial charge in [0.2, 0.25) is 5.91 Å². The minimum Gasteiger partial charge on any atom is -0.491 e. The van der Waals surface area contributed by atoms with Crippen molar-refractivity contribution in [1.29, 1.82) is 0 Å². The van der Waals surface area contributed by atoms with Gasteiger partial charge in [-0.05, 0) is 18.6 Å². The van der Waals surface area contributed by atoms with Crippen molar-refractivity contribution in [2.45, 2.75) is 25.8 Å². The summed E-state index contributed by atoms with van der Waals surface area (Å²) in [5, 5.41) is 11.2. The fraction of sp³-hybridized carbons (Fsp3) is 0.417. The lowest BCUT2D eigenvalue weighted by atomic mass is 10.2. The standard InChI is InChI=1S/C12H16N2O4/c1-2-10(12(16)17)14-11(15)5-7-18-9-4-3-6-13-8-9/h3-4,6,8,10H,2,5,7H2,1H3,(H,14,15)(H,16,17). The van der Waals surface area contributed by atoms with Gasteiger partial charge in [0, 0.05) is 6.20 Å². The van der Waals surface area contributed by atoms with E-state index in [0.717, 1.165) is 0 Å². The Labute approximate surface area is 105 Å². The lowest BCUT2D eigenvalue weighted by Gasteiger charge is -2.12. The molecule has 0 spiro atoms. The molecule has 0 aliphatic rings. The number of nitrogens with zero attached hydrogens (tertiary/aromatic N) is 1. The summed E-state index contributed by atoms with van der Waals surface area (Å²) in [6.45, 7) is 1.89. The van der Waals surface area contributed by atoms with Crippen LogP contribution in [0.2, 0.25) is 0 Å². The van der Waals surface area contributed by atoms with Gasteiger partial charge in [0.15, 0.2) is 0 Å². The van der Waals surface area contributed by atoms with E-state index in [9.17, 15) is 9.59 Å². The van der Waals surface area contributed by atoms with Gasteiger partial charge in [-0.25, -0.2) is 4.79 Å². The van der Waals surface area contributed by atoms with Crippen LogP contribution in [0.25, 0.3) is 0 Å². The summed E-state index contributed by atoms with van der Waals surface area (Å²) in [6, 6.07) is 2.63. The van der Waals surface area contributed by atoms with Crippen LogP contribution in [0.1, 0.15) is 19.8 Å². The first-order valence-corrected chi connectivity index (χ1v) is 5.68. The van der Waals surface area contributed by atoms with Crippen molar-refractivity contribution >= 4 is 11.9 Å². The van der Waals surface area contributed by atoms with E-state index in [2.05, 4.69) is 10.3 Å². The Morgan fingerprint density at radius 2 is 2.33 bits per heavy atom. The highest BCUT2D eigenvalue weighted by Gasteiger charge is 2.17. The molecular weight excluding hydrogens is 236 g/mol. The molecule has 1 atom stereocenters. The van der Waals surface area contributed by atoms with Gasteiger partial charge in [-0.1, -0.05) is 6.92 Å². The summed E-state index contributed by atoms with van der Waals surface area (Å²) in [4.78, 5) is 26.0. The predicted octanol–water partition coefficient (Wildman–Crippen LogP) is 0.830. The number of hydrogen-bond donors (Lipinski definition) is 2. The number of carboxylic acid groups (broad SMARTS) is 1. The van der Waals surface area contributed by atoms with Crippen LogP contribution in [0, 0.1) is 0 Å². The van der Waals surface area contributed by atoms with E-state index >= 15 is 0 Å². The summed E-state index contributed by atoms with van der Waals surface area (Å²) < 4.78 is 5.28. The lowest BCUT2D eigenvalue weighted by Crippen LogP contribution is -2.40. The van der Waals surface area contributed by atoms with Crippen LogP contribution in [-0.2, 0) is 9.59 Å². The maximum Gasteiger partial charge on any atom is 0.326 e. The topological polar surface area (TPSA) is 88.5 Å². The van der Waals surface area contributed by atoms with Crippen molar-refractivity contribution in [2.75, 3.05) is 6.61 Å². The molecule has 6 heteroatoms. The number of aromatic nitrogens is 1. The molecule has 0 fully saturated rings. The summed E-state index contributed by atoms with van der Waals surface area (Å²) in [7, 11) is 0. The number of carboxylic acids is 1. The molecule has 0 bridgehead atoms. The molecule has 98 valence electrons. The average Bonchev–Trinajstić information content (AvgIpc) is 2.37. The number of carbonyl (C=O) groups excluding carboxylic acids is 1. The Kier molecular flexibility index (Phi) is 5.63. The van der Waals surface area contributed by atoms with Gasteiger partial charge in [0.25, 0.3) is 0 Å². The summed E-state index contributed by atoms with van der Waals surface area (Å²) in [5.41, 5.74) is 0. The molecule has 0 radical (unpaired) electrons. The van der Waals surface area contributed by atoms with Crippen LogP contribution >= 0.6 is 0 Å². The van der Waals surface area contributed by atoms with E-state index < -0.39 is 12.0 Å². The Hall–Kier alpha value is -2.11. The second kappa shape index (κ2) is 7.26. The van der Waals surface area contributed by atoms with Crippen LogP contribution in [0.15, 0.2) is 24.5 Å². The van der Waals surface area contributed by atoms with E-state index in [0.29, 0.717) is 12.2 Å². The van der Waals surface area contributed by atoms with Crippen molar-refractivity contribution in [1.82, 2.24) is 10.3 Å². The quantitative estimate of drug-likeness (QED) is 0.750. The third-order valence-corrected chi connectivity index (χ3v) is 2.27. The Balaban J connectivity index is 2.27. The van der Waals surface area contributed by atoms with Crippen LogP contribution in [0.5, 0.6) is 5.75 Å². The van der Waals surface area contributed by atoms with E-state index in [1.54, 1.807) is 31.5 Å². The number of nitrogens with one attached hydrogen (secondary N) is 1. The molecule has 6 nitrogen and oxygen atoms in total. The Morgan fingerprint density at radius 3 is 2.89 bits per heavy atom. The van der Waals surface area contributed by atoms with Crippen molar-refractivity contribution in [2.24, 2.45) is 0 Å². The van der Waals surface area contributed by atoms with E-state index in [1.807, 2.05) is 0 Å². The average molecular weight is 252 g/mol. The monoisotopic (exact) mass is 252 g/mol. The summed E-state index contributed by atoms with van der Waals surface area (Å²) >= 11 is 0. The van der Waals surface area contributed by atoms with Crippen molar-refractivity contribution in [3.8, 4) is 5.75 Å². The summed E-state index contributed by atoms with van der Waals surface area (Å²) in [6.07, 6.45) is 3.63. The SMILES string of the molecule is CCC(NC(=O)CCOc1cccnc1)C(=O)O. The highest BCUT2D eigenvalue weighted by Crippen LogP contribution is 2.06. The molecule has 1 aromatic heterocycles. The molecule has 0 aliphatic carbocycles. The molecule has 1 unspecified atom stereocenters. The minimum atomic E-state index is -1.03. The van der Waals surface area contributed by atoms with E-state index in [1.165, 1.54) is 0 Å². The lowest BCUT2D eigenvalue weighted by molar-refractivity contribution is -0.142. The molecule has 1 amide bonds. The number of carbonyl (C=O) groups is 2. The van der Waals surface area contributed by atoms with Gasteiger partial charge in [0.1, 0.15) is 11.8 Å². The number of rotatable bonds is 7. The number of hydrogen-bond acceptors (Lipinski definition) is 4. The molecule has 1 aromatic rings. The van der Waals surface area contributed by atoms with Crippen molar-refractivity contribution < 1.29 is 19.4 Å². The Bertz CT molecular complexity index is 394. The zero-order chi connectivity index (χ0) is 13.4. The number of pyridine rings is 1. The highest BCUT2D eigenvalue weighted by molar-refractivity contribution is 5.83. The largest absolute Gasteiger partial charge is 0.491 e. The minimum absolute atomic E-state index is 0.110. The second-order valence-electron chi connectivity index (χ2n) is 3.65. The molecule has 0 aliphatic heterocycles. The van der Waals surface area contributed by atoms with Crippen molar-refractivity contribution in [3.05, 3.63) is 24.5 Å². The second-order valence-corrected chi connectivity index (χ2v) is 3.65. The van der Waals surface area contributed by atoms with Gasteiger partial charge in [0.05, 0.1) is 19.2 Å². The molecule has 18 heavy (non-hydrogen) atoms. The first-order chi connectivity index (χ1) is 8.63. The molecule has 0 aromatic carbocycles. The molecule has 1 rings (SSSR count). The molecular formula is C12H16N2O4. The third-order valence-electron chi connectivity index (χ3n) is 2.27. The van der Waals surface area contributed by atoms with Crippen LogP contribution in [0.4, 0.5) is 0 Å². The van der Waals surface area contributed by atoms with Gasteiger partial charge < -0.3 is 15.2 Å². The molecule has 0 saturated carbocycles. The normalized spacial score (nSPS) is 11.6. The zero-order valence-electron chi connectivity index (χ0n) is 10.1. The fourth-order valence-electron chi connectivity index (χ4n) is 1.30. The highest BCUT2D eigenvalue weighted by atomic mass is 16.5. The van der Waals surface area contributed by atoms with Crippen LogP contribution < -0.4 is 10.1 Å². The number of ether oxygens (including phenoxy) is 1. The van der Waals surface area contributed by atoms with Gasteiger partial charge >= 0.3 is 5.97 Å². The van der Waals surface area contributed by atoms with Crippen LogP contribution in [0.3, 0.4) is 0 Å². The summed E-state index contributed by atoms with van der Waals surface area (Å²) in [5.74, 6) is -0.789. The smallest absolute Gasteiger partial charge is 0.326 e. The first-order valence-electron chi connectivity index (χ1n) is 5.68. The molecule has 2 N–H and O–H groups in total. The number of aliphatic carboxylic acids is 1. The first kappa shape index (κ1) is 14.0. The van der Waals surface area contributed by atoms with Gasteiger partial charge in [-0.15, -0.1) is 0 Å². The third kappa shape index (κ3) is 4.82. The predicted molar refractivity (Wildman–Crippen MR) is 64.2 cm³/mol. The van der Waals surface area contributed by atoms with Crippen LogP contribution in [-0.4, -0.2) is 34.6 Å². The van der Waals surface area contributed by atoms with Crippen molar-refractivity contribution in [3.63, 3.8) is 0 Å². The van der Waals surface area contributed by atoms with E-state index in [4.69, 9.17) is 9.84 Å². The maximum atomic E-state index is 11.4. The maximum absolute atomic E-state index is 11.4. The molecule has 0 saturated heterocycles. The molecule has 1 heterocycles. The Morgan fingerprint density at radius 1 is 1.56 bits per heavy atom. The number of amides is 1. The zero-order valence-corrected chi connectivity index (χ0v) is 10.1. The fourth-order valence-corrected chi connectivity index (χ4v) is 1.30. The van der Waals surface area contributed by atoms with Gasteiger partial charge in [-0.2, -0.15) is 0 Å². The van der Waals surface area contributed by atoms with Gasteiger partial charge in [-0.3, -0.25) is 9.78 Å². The van der Waals surface area contributed by atoms with E-state index in [-0.39, 0.29) is 18.9 Å².